The van der Waals surface area contributed by atoms with E-state index in [9.17, 15) is 0 Å². The maximum absolute atomic E-state index is 5.54. The molecule has 0 aromatic carbocycles. The third-order valence-corrected chi connectivity index (χ3v) is 2.37. The molecule has 0 amide bonds. The predicted octanol–water partition coefficient (Wildman–Crippen LogP) is 1.56. The monoisotopic (exact) mass is 184 g/mol. The highest BCUT2D eigenvalue weighted by Crippen LogP contribution is 2.28. The number of nitrogens with one attached hydrogen (secondary N) is 1. The fourth-order valence-corrected chi connectivity index (χ4v) is 1.71. The molecule has 0 saturated carbocycles. The van der Waals surface area contributed by atoms with Crippen molar-refractivity contribution in [3.05, 3.63) is 11.8 Å². The summed E-state index contributed by atoms with van der Waals surface area (Å²) in [5, 5.41) is 0. The molecule has 0 aliphatic carbocycles. The fourth-order valence-electron chi connectivity index (χ4n) is 1.71. The van der Waals surface area contributed by atoms with Gasteiger partial charge in [0.05, 0.1) is 18.9 Å². The second-order valence-corrected chi connectivity index (χ2v) is 4.63. The van der Waals surface area contributed by atoms with Crippen LogP contribution in [0.3, 0.4) is 0 Å². The van der Waals surface area contributed by atoms with Crippen LogP contribution >= 0.6 is 0 Å². The number of hydrazine groups is 1. The molecule has 0 bridgehead atoms. The lowest BCUT2D eigenvalue weighted by Gasteiger charge is -2.33. The van der Waals surface area contributed by atoms with Crippen molar-refractivity contribution in [3.63, 3.8) is 0 Å². The van der Waals surface area contributed by atoms with Crippen molar-refractivity contribution < 1.29 is 4.74 Å². The van der Waals surface area contributed by atoms with Crippen LogP contribution in [0.5, 0.6) is 0 Å². The topological polar surface area (TPSA) is 47.3 Å². The molecule has 0 fully saturated rings. The van der Waals surface area contributed by atoms with Crippen LogP contribution in [0.15, 0.2) is 11.8 Å². The second kappa shape index (κ2) is 4.11. The van der Waals surface area contributed by atoms with Crippen LogP contribution in [0.4, 0.5) is 0 Å². The molecular weight excluding hydrogens is 164 g/mol. The summed E-state index contributed by atoms with van der Waals surface area (Å²) < 4.78 is 5.30. The summed E-state index contributed by atoms with van der Waals surface area (Å²) in [4.78, 5) is 0. The second-order valence-electron chi connectivity index (χ2n) is 4.63. The first-order valence-corrected chi connectivity index (χ1v) is 4.82. The fraction of sp³-hybridized carbons (Fsp3) is 0.800. The molecular formula is C10H20N2O. The van der Waals surface area contributed by atoms with Crippen molar-refractivity contribution in [2.45, 2.75) is 39.7 Å². The van der Waals surface area contributed by atoms with Crippen molar-refractivity contribution in [2.24, 2.45) is 11.3 Å². The number of nitrogens with two attached hydrogens (primary N) is 1. The van der Waals surface area contributed by atoms with Crippen LogP contribution in [0, 0.1) is 5.41 Å². The first kappa shape index (κ1) is 10.5. The van der Waals surface area contributed by atoms with Gasteiger partial charge in [-0.2, -0.15) is 0 Å². The third kappa shape index (κ3) is 2.71. The van der Waals surface area contributed by atoms with Crippen LogP contribution in [-0.4, -0.2) is 12.6 Å². The highest BCUT2D eigenvalue weighted by atomic mass is 16.5. The number of hydrogen-bond donors (Lipinski definition) is 2. The zero-order valence-corrected chi connectivity index (χ0v) is 8.76. The Morgan fingerprint density at radius 3 is 2.62 bits per heavy atom. The number of hydrogen-bond acceptors (Lipinski definition) is 3. The largest absolute Gasteiger partial charge is 0.501 e. The molecule has 1 atom stereocenters. The van der Waals surface area contributed by atoms with Crippen LogP contribution in [0.25, 0.3) is 0 Å². The lowest BCUT2D eigenvalue weighted by molar-refractivity contribution is 0.204. The van der Waals surface area contributed by atoms with Crippen molar-refractivity contribution in [1.29, 1.82) is 0 Å². The SMILES string of the molecule is CC(C)(C)C(NN)C1=COCCC1. The highest BCUT2D eigenvalue weighted by molar-refractivity contribution is 5.13. The summed E-state index contributed by atoms with van der Waals surface area (Å²) in [6, 6.07) is 0.216. The summed E-state index contributed by atoms with van der Waals surface area (Å²) in [5.74, 6) is 5.54. The van der Waals surface area contributed by atoms with Gasteiger partial charge in [0.15, 0.2) is 0 Å². The first-order chi connectivity index (χ1) is 6.05. The van der Waals surface area contributed by atoms with Crippen molar-refractivity contribution in [1.82, 2.24) is 5.43 Å². The minimum atomic E-state index is 0.140. The normalized spacial score (nSPS) is 20.5. The summed E-state index contributed by atoms with van der Waals surface area (Å²) in [6.45, 7) is 7.36. The van der Waals surface area contributed by atoms with Gasteiger partial charge >= 0.3 is 0 Å². The zero-order chi connectivity index (χ0) is 9.90. The average Bonchev–Trinajstić information content (AvgIpc) is 2.05. The standard InChI is InChI=1S/C10H20N2O/c1-10(2,3)9(12-11)8-5-4-6-13-7-8/h7,9,12H,4-6,11H2,1-3H3. The van der Waals surface area contributed by atoms with Gasteiger partial charge in [-0.15, -0.1) is 0 Å². The maximum Gasteiger partial charge on any atom is 0.0876 e. The Hall–Kier alpha value is -0.540. The predicted molar refractivity (Wildman–Crippen MR) is 53.8 cm³/mol. The van der Waals surface area contributed by atoms with E-state index >= 15 is 0 Å². The molecule has 0 spiro atoms. The Morgan fingerprint density at radius 1 is 1.54 bits per heavy atom. The van der Waals surface area contributed by atoms with E-state index in [0.717, 1.165) is 19.4 Å². The van der Waals surface area contributed by atoms with E-state index in [-0.39, 0.29) is 11.5 Å². The summed E-state index contributed by atoms with van der Waals surface area (Å²) >= 11 is 0. The van der Waals surface area contributed by atoms with E-state index in [0.29, 0.717) is 0 Å². The molecule has 76 valence electrons. The molecule has 3 N–H and O–H groups in total. The van der Waals surface area contributed by atoms with Crippen molar-refractivity contribution in [2.75, 3.05) is 6.61 Å². The minimum absolute atomic E-state index is 0.140. The molecule has 0 aromatic rings. The van der Waals surface area contributed by atoms with Gasteiger partial charge in [-0.05, 0) is 23.8 Å². The zero-order valence-electron chi connectivity index (χ0n) is 8.76. The summed E-state index contributed by atoms with van der Waals surface area (Å²) in [7, 11) is 0. The summed E-state index contributed by atoms with van der Waals surface area (Å²) in [6.07, 6.45) is 4.05. The highest BCUT2D eigenvalue weighted by Gasteiger charge is 2.27. The van der Waals surface area contributed by atoms with Crippen molar-refractivity contribution >= 4 is 0 Å². The van der Waals surface area contributed by atoms with E-state index in [1.165, 1.54) is 5.57 Å². The minimum Gasteiger partial charge on any atom is -0.501 e. The average molecular weight is 184 g/mol. The van der Waals surface area contributed by atoms with Crippen molar-refractivity contribution in [3.8, 4) is 0 Å². The maximum atomic E-state index is 5.54. The third-order valence-electron chi connectivity index (χ3n) is 2.37. The molecule has 0 aromatic heterocycles. The van der Waals surface area contributed by atoms with Crippen LogP contribution in [0.1, 0.15) is 33.6 Å². The molecule has 3 nitrogen and oxygen atoms in total. The molecule has 1 rings (SSSR count). The molecule has 1 unspecified atom stereocenters. The Balaban J connectivity index is 2.70. The van der Waals surface area contributed by atoms with Gasteiger partial charge in [0.1, 0.15) is 0 Å². The van der Waals surface area contributed by atoms with Gasteiger partial charge in [0.2, 0.25) is 0 Å². The van der Waals surface area contributed by atoms with Gasteiger partial charge in [0.25, 0.3) is 0 Å². The van der Waals surface area contributed by atoms with Crippen LogP contribution in [-0.2, 0) is 4.74 Å². The van der Waals surface area contributed by atoms with Gasteiger partial charge in [-0.1, -0.05) is 20.8 Å². The molecule has 0 radical (unpaired) electrons. The van der Waals surface area contributed by atoms with E-state index in [1.807, 2.05) is 6.26 Å². The molecule has 0 saturated heterocycles. The quantitative estimate of drug-likeness (QED) is 0.506. The van der Waals surface area contributed by atoms with Gasteiger partial charge in [-0.3, -0.25) is 11.3 Å². The van der Waals surface area contributed by atoms with Crippen LogP contribution in [0.2, 0.25) is 0 Å². The van der Waals surface area contributed by atoms with E-state index < -0.39 is 0 Å². The lowest BCUT2D eigenvalue weighted by atomic mass is 9.81. The lowest BCUT2D eigenvalue weighted by Crippen LogP contribution is -2.46. The molecule has 13 heavy (non-hydrogen) atoms. The van der Waals surface area contributed by atoms with Gasteiger partial charge in [0, 0.05) is 0 Å². The molecule has 3 heteroatoms. The Labute approximate surface area is 80.3 Å². The van der Waals surface area contributed by atoms with E-state index in [2.05, 4.69) is 26.2 Å². The molecule has 1 heterocycles. The number of rotatable bonds is 2. The van der Waals surface area contributed by atoms with E-state index in [4.69, 9.17) is 10.6 Å². The molecule has 1 aliphatic rings. The summed E-state index contributed by atoms with van der Waals surface area (Å²) in [5.41, 5.74) is 4.28. The van der Waals surface area contributed by atoms with E-state index in [1.54, 1.807) is 0 Å². The smallest absolute Gasteiger partial charge is 0.0876 e. The Kier molecular flexibility index (Phi) is 3.33. The van der Waals surface area contributed by atoms with Gasteiger partial charge < -0.3 is 4.74 Å². The Bertz CT molecular complexity index is 194. The number of ether oxygens (including phenoxy) is 1. The van der Waals surface area contributed by atoms with Gasteiger partial charge in [-0.25, -0.2) is 0 Å². The first-order valence-electron chi connectivity index (χ1n) is 4.82. The van der Waals surface area contributed by atoms with Crippen LogP contribution < -0.4 is 11.3 Å². The Morgan fingerprint density at radius 2 is 2.23 bits per heavy atom. The molecule has 1 aliphatic heterocycles.